The highest BCUT2D eigenvalue weighted by Gasteiger charge is 2.09. The van der Waals surface area contributed by atoms with Gasteiger partial charge in [0.15, 0.2) is 0 Å². The number of benzene rings is 1. The molecule has 0 saturated carbocycles. The summed E-state index contributed by atoms with van der Waals surface area (Å²) in [6.07, 6.45) is 3.54. The van der Waals surface area contributed by atoms with Crippen LogP contribution in [0.1, 0.15) is 19.3 Å². The quantitative estimate of drug-likeness (QED) is 0.460. The second kappa shape index (κ2) is 8.39. The highest BCUT2D eigenvalue weighted by molar-refractivity contribution is 7.99. The molecule has 0 bridgehead atoms. The Morgan fingerprint density at radius 3 is 2.70 bits per heavy atom. The van der Waals surface area contributed by atoms with E-state index in [0.29, 0.717) is 0 Å². The van der Waals surface area contributed by atoms with Crippen molar-refractivity contribution in [3.63, 3.8) is 0 Å². The van der Waals surface area contributed by atoms with E-state index in [1.54, 1.807) is 17.8 Å². The molecule has 2 rings (SSSR count). The molecule has 0 aromatic heterocycles. The van der Waals surface area contributed by atoms with Gasteiger partial charge in [-0.25, -0.2) is 0 Å². The molecule has 0 spiro atoms. The zero-order chi connectivity index (χ0) is 14.2. The van der Waals surface area contributed by atoms with E-state index in [-0.39, 0.29) is 11.5 Å². The summed E-state index contributed by atoms with van der Waals surface area (Å²) in [6, 6.07) is 4.66. The van der Waals surface area contributed by atoms with Crippen LogP contribution in [0, 0.1) is 0 Å². The van der Waals surface area contributed by atoms with Gasteiger partial charge in [-0.3, -0.25) is 4.90 Å². The van der Waals surface area contributed by atoms with Crippen LogP contribution in [0.4, 0.5) is 0 Å². The first-order chi connectivity index (χ1) is 9.75. The summed E-state index contributed by atoms with van der Waals surface area (Å²) >= 11 is 1.60. The van der Waals surface area contributed by atoms with Crippen LogP contribution in [-0.4, -0.2) is 53.7 Å². The van der Waals surface area contributed by atoms with Crippen LogP contribution in [0.2, 0.25) is 0 Å². The minimum Gasteiger partial charge on any atom is -0.508 e. The number of ether oxygens (including phenoxy) is 1. The molecule has 0 unspecified atom stereocenters. The van der Waals surface area contributed by atoms with Gasteiger partial charge in [-0.15, -0.1) is 11.8 Å². The number of nitrogens with zero attached hydrogens (tertiary/aromatic N) is 1. The predicted molar refractivity (Wildman–Crippen MR) is 81.6 cm³/mol. The third-order valence-corrected chi connectivity index (χ3v) is 4.55. The monoisotopic (exact) mass is 297 g/mol. The Bertz CT molecular complexity index is 408. The summed E-state index contributed by atoms with van der Waals surface area (Å²) in [6.45, 7) is 5.02. The molecule has 1 aliphatic heterocycles. The van der Waals surface area contributed by atoms with Crippen LogP contribution >= 0.6 is 11.8 Å². The molecular weight excluding hydrogens is 274 g/mol. The van der Waals surface area contributed by atoms with E-state index in [9.17, 15) is 10.2 Å². The summed E-state index contributed by atoms with van der Waals surface area (Å²) in [7, 11) is 0. The minimum absolute atomic E-state index is 0.206. The van der Waals surface area contributed by atoms with Gasteiger partial charge in [0.1, 0.15) is 11.5 Å². The Morgan fingerprint density at radius 1 is 1.10 bits per heavy atom. The van der Waals surface area contributed by atoms with Crippen LogP contribution in [-0.2, 0) is 4.74 Å². The Balaban J connectivity index is 1.56. The molecule has 112 valence electrons. The molecule has 5 heteroatoms. The molecule has 20 heavy (non-hydrogen) atoms. The Morgan fingerprint density at radius 2 is 1.90 bits per heavy atom. The normalized spacial score (nSPS) is 16.4. The van der Waals surface area contributed by atoms with Crippen molar-refractivity contribution in [1.29, 1.82) is 0 Å². The number of rotatable bonds is 7. The van der Waals surface area contributed by atoms with E-state index < -0.39 is 0 Å². The molecule has 1 aromatic carbocycles. The topological polar surface area (TPSA) is 52.9 Å². The maximum absolute atomic E-state index is 9.66. The fourth-order valence-electron chi connectivity index (χ4n) is 2.24. The maximum atomic E-state index is 9.66. The first kappa shape index (κ1) is 15.5. The highest BCUT2D eigenvalue weighted by atomic mass is 32.2. The predicted octanol–water partition coefficient (Wildman–Crippen LogP) is 2.69. The van der Waals surface area contributed by atoms with Crippen molar-refractivity contribution in [3.8, 4) is 11.5 Å². The lowest BCUT2D eigenvalue weighted by molar-refractivity contribution is 0.0372. The largest absolute Gasteiger partial charge is 0.508 e. The van der Waals surface area contributed by atoms with Crippen molar-refractivity contribution < 1.29 is 14.9 Å². The molecular formula is C15H23NO3S. The van der Waals surface area contributed by atoms with Crippen LogP contribution in [0.25, 0.3) is 0 Å². The van der Waals surface area contributed by atoms with Gasteiger partial charge >= 0.3 is 0 Å². The van der Waals surface area contributed by atoms with Gasteiger partial charge in [-0.05, 0) is 43.3 Å². The average molecular weight is 297 g/mol. The van der Waals surface area contributed by atoms with Crippen LogP contribution in [0.5, 0.6) is 11.5 Å². The summed E-state index contributed by atoms with van der Waals surface area (Å²) in [5.41, 5.74) is 0. The van der Waals surface area contributed by atoms with Gasteiger partial charge in [0.05, 0.1) is 18.1 Å². The number of phenols is 2. The summed E-state index contributed by atoms with van der Waals surface area (Å²) in [5.74, 6) is 1.43. The molecule has 1 saturated heterocycles. The van der Waals surface area contributed by atoms with Crippen molar-refractivity contribution >= 4 is 11.8 Å². The molecule has 4 nitrogen and oxygen atoms in total. The second-order valence-electron chi connectivity index (χ2n) is 5.02. The van der Waals surface area contributed by atoms with Gasteiger partial charge in [0.25, 0.3) is 0 Å². The van der Waals surface area contributed by atoms with Crippen LogP contribution in [0.3, 0.4) is 0 Å². The van der Waals surface area contributed by atoms with Gasteiger partial charge in [-0.1, -0.05) is 6.42 Å². The van der Waals surface area contributed by atoms with Gasteiger partial charge in [-0.2, -0.15) is 0 Å². The lowest BCUT2D eigenvalue weighted by Gasteiger charge is -2.26. The number of unbranched alkanes of at least 4 members (excludes halogenated alkanes) is 2. The second-order valence-corrected chi connectivity index (χ2v) is 6.15. The van der Waals surface area contributed by atoms with E-state index in [1.165, 1.54) is 25.0 Å². The minimum atomic E-state index is 0.206. The summed E-state index contributed by atoms with van der Waals surface area (Å²) in [4.78, 5) is 3.22. The fourth-order valence-corrected chi connectivity index (χ4v) is 3.23. The molecule has 1 heterocycles. The SMILES string of the molecule is Oc1ccc(O)c(SCCCCCN2CCOCC2)c1. The van der Waals surface area contributed by atoms with E-state index in [0.717, 1.165) is 49.9 Å². The molecule has 1 aliphatic rings. The third kappa shape index (κ3) is 5.23. The molecule has 0 atom stereocenters. The Hall–Kier alpha value is -0.910. The molecule has 2 N–H and O–H groups in total. The average Bonchev–Trinajstić information content (AvgIpc) is 2.47. The molecule has 0 amide bonds. The number of hydrogen-bond acceptors (Lipinski definition) is 5. The summed E-state index contributed by atoms with van der Waals surface area (Å²) < 4.78 is 5.33. The van der Waals surface area contributed by atoms with Gasteiger partial charge < -0.3 is 14.9 Å². The lowest BCUT2D eigenvalue weighted by atomic mass is 10.2. The fraction of sp³-hybridized carbons (Fsp3) is 0.600. The smallest absolute Gasteiger partial charge is 0.129 e. The first-order valence-electron chi connectivity index (χ1n) is 7.20. The van der Waals surface area contributed by atoms with Gasteiger partial charge in [0.2, 0.25) is 0 Å². The standard InChI is InChI=1S/C15H23NO3S/c17-13-4-5-14(18)15(12-13)20-11-3-1-2-6-16-7-9-19-10-8-16/h4-5,12,17-18H,1-3,6-11H2. The van der Waals surface area contributed by atoms with E-state index in [2.05, 4.69) is 4.90 Å². The zero-order valence-electron chi connectivity index (χ0n) is 11.8. The first-order valence-corrected chi connectivity index (χ1v) is 8.19. The van der Waals surface area contributed by atoms with E-state index in [1.807, 2.05) is 0 Å². The van der Waals surface area contributed by atoms with Crippen molar-refractivity contribution in [1.82, 2.24) is 4.90 Å². The van der Waals surface area contributed by atoms with Crippen molar-refractivity contribution in [2.45, 2.75) is 24.2 Å². The number of morpholine rings is 1. The van der Waals surface area contributed by atoms with Crippen LogP contribution < -0.4 is 0 Å². The van der Waals surface area contributed by atoms with Crippen LogP contribution in [0.15, 0.2) is 23.1 Å². The molecule has 0 radical (unpaired) electrons. The maximum Gasteiger partial charge on any atom is 0.129 e. The third-order valence-electron chi connectivity index (χ3n) is 3.42. The number of aromatic hydroxyl groups is 2. The zero-order valence-corrected chi connectivity index (χ0v) is 12.6. The molecule has 1 aromatic rings. The van der Waals surface area contributed by atoms with E-state index in [4.69, 9.17) is 4.74 Å². The van der Waals surface area contributed by atoms with Crippen molar-refractivity contribution in [3.05, 3.63) is 18.2 Å². The van der Waals surface area contributed by atoms with Gasteiger partial charge in [0, 0.05) is 13.1 Å². The molecule has 0 aliphatic carbocycles. The Labute approximate surface area is 124 Å². The van der Waals surface area contributed by atoms with Crippen molar-refractivity contribution in [2.24, 2.45) is 0 Å². The number of phenolic OH excluding ortho intramolecular Hbond substituents is 2. The number of thioether (sulfide) groups is 1. The lowest BCUT2D eigenvalue weighted by Crippen LogP contribution is -2.36. The molecule has 1 fully saturated rings. The Kier molecular flexibility index (Phi) is 6.50. The highest BCUT2D eigenvalue weighted by Crippen LogP contribution is 2.32. The van der Waals surface area contributed by atoms with E-state index >= 15 is 0 Å². The van der Waals surface area contributed by atoms with Crippen molar-refractivity contribution in [2.75, 3.05) is 38.6 Å². The summed E-state index contributed by atoms with van der Waals surface area (Å²) in [5, 5.41) is 19.0. The number of hydrogen-bond donors (Lipinski definition) is 2.